The molecule has 0 fully saturated rings. The second-order valence-corrected chi connectivity index (χ2v) is 26.7. The highest BCUT2D eigenvalue weighted by Gasteiger charge is 2.30. The molecule has 3 N–H and O–H groups in total. The van der Waals surface area contributed by atoms with Crippen molar-refractivity contribution in [2.75, 3.05) is 39.6 Å². The minimum atomic E-state index is -4.94. The lowest BCUT2D eigenvalue weighted by molar-refractivity contribution is -0.161. The van der Waals surface area contributed by atoms with Gasteiger partial charge >= 0.3 is 39.5 Å². The first kappa shape index (κ1) is 80.1. The van der Waals surface area contributed by atoms with Crippen molar-refractivity contribution in [1.29, 1.82) is 0 Å². The van der Waals surface area contributed by atoms with E-state index < -0.39 is 97.5 Å². The molecular formula is C63H122O17P2. The van der Waals surface area contributed by atoms with Crippen LogP contribution < -0.4 is 0 Å². The number of aliphatic hydroxyl groups is 1. The van der Waals surface area contributed by atoms with E-state index in [1.54, 1.807) is 0 Å². The van der Waals surface area contributed by atoms with Gasteiger partial charge in [-0.3, -0.25) is 37.3 Å². The third-order valence-electron chi connectivity index (χ3n) is 14.5. The fraction of sp³-hybridized carbons (Fsp3) is 0.937. The Kier molecular flexibility index (Phi) is 54.3. The maximum Gasteiger partial charge on any atom is 0.472 e. The Morgan fingerprint density at radius 1 is 0.329 bits per heavy atom. The highest BCUT2D eigenvalue weighted by atomic mass is 31.2. The van der Waals surface area contributed by atoms with Gasteiger partial charge in [-0.05, 0) is 37.5 Å². The van der Waals surface area contributed by atoms with Crippen molar-refractivity contribution < 1.29 is 80.2 Å². The Morgan fingerprint density at radius 2 is 0.561 bits per heavy atom. The molecule has 5 atom stereocenters. The molecule has 486 valence electrons. The van der Waals surface area contributed by atoms with Crippen molar-refractivity contribution in [2.24, 2.45) is 11.8 Å². The summed E-state index contributed by atoms with van der Waals surface area (Å²) in [7, 11) is -9.88. The average Bonchev–Trinajstić information content (AvgIpc) is 3.43. The minimum absolute atomic E-state index is 0.102. The third-order valence-corrected chi connectivity index (χ3v) is 16.4. The van der Waals surface area contributed by atoms with Gasteiger partial charge in [-0.2, -0.15) is 0 Å². The van der Waals surface area contributed by atoms with Crippen molar-refractivity contribution >= 4 is 39.5 Å². The third kappa shape index (κ3) is 57.2. The van der Waals surface area contributed by atoms with Gasteiger partial charge in [-0.1, -0.05) is 260 Å². The van der Waals surface area contributed by atoms with E-state index in [1.807, 2.05) is 0 Å². The summed E-state index contributed by atoms with van der Waals surface area (Å²) < 4.78 is 67.8. The standard InChI is InChI=1S/C63H122O17P2/c1-7-9-11-13-15-16-17-18-19-23-27-34-40-46-61(66)74-52-58(79-62(67)47-41-35-28-24-21-20-22-26-31-37-43-55(3)4)53-77-81(69,70)75-49-57(64)50-76-82(71,72)78-54-59(51-73-60(65)45-39-33-25-14-12-10-8-2)80-63(68)48-42-36-30-29-32-38-44-56(5)6/h55-59,64H,7-54H2,1-6H3,(H,69,70)(H,71,72)/t57-,58-,59-/m1/s1. The number of unbranched alkanes of at least 4 members (excludes halogenated alkanes) is 32. The van der Waals surface area contributed by atoms with E-state index >= 15 is 0 Å². The van der Waals surface area contributed by atoms with Crippen LogP contribution in [0.15, 0.2) is 0 Å². The molecular weight excluding hydrogens is 1090 g/mol. The predicted octanol–water partition coefficient (Wildman–Crippen LogP) is 17.3. The lowest BCUT2D eigenvalue weighted by Gasteiger charge is -2.21. The SMILES string of the molecule is CCCCCCCCCCCCCCCC(=O)OC[C@H](COP(=O)(O)OC[C@@H](O)COP(=O)(O)OC[C@@H](COC(=O)CCCCCCCCC)OC(=O)CCCCCCCCC(C)C)OC(=O)CCCCCCCCCCCCC(C)C. The second kappa shape index (κ2) is 55.6. The smallest absolute Gasteiger partial charge is 0.462 e. The van der Waals surface area contributed by atoms with E-state index in [4.69, 9.17) is 37.0 Å². The number of phosphoric ester groups is 2. The van der Waals surface area contributed by atoms with Crippen molar-refractivity contribution in [3.8, 4) is 0 Å². The summed E-state index contributed by atoms with van der Waals surface area (Å²) in [6.45, 7) is 9.35. The van der Waals surface area contributed by atoms with E-state index in [0.717, 1.165) is 109 Å². The van der Waals surface area contributed by atoms with Crippen LogP contribution in [-0.2, 0) is 65.4 Å². The fourth-order valence-electron chi connectivity index (χ4n) is 9.35. The van der Waals surface area contributed by atoms with E-state index in [0.29, 0.717) is 31.6 Å². The number of carbonyl (C=O) groups excluding carboxylic acids is 4. The van der Waals surface area contributed by atoms with Gasteiger partial charge in [0.05, 0.1) is 26.4 Å². The second-order valence-electron chi connectivity index (χ2n) is 23.7. The van der Waals surface area contributed by atoms with Gasteiger partial charge in [0.2, 0.25) is 0 Å². The molecule has 0 saturated carbocycles. The van der Waals surface area contributed by atoms with Crippen molar-refractivity contribution in [1.82, 2.24) is 0 Å². The van der Waals surface area contributed by atoms with Gasteiger partial charge in [-0.25, -0.2) is 9.13 Å². The maximum atomic E-state index is 13.0. The van der Waals surface area contributed by atoms with E-state index in [-0.39, 0.29) is 25.7 Å². The molecule has 0 aliphatic carbocycles. The fourth-order valence-corrected chi connectivity index (χ4v) is 10.9. The quantitative estimate of drug-likeness (QED) is 0.0222. The molecule has 0 aliphatic rings. The summed E-state index contributed by atoms with van der Waals surface area (Å²) >= 11 is 0. The molecule has 0 rings (SSSR count). The molecule has 0 aliphatic heterocycles. The Hall–Kier alpha value is -1.94. The molecule has 82 heavy (non-hydrogen) atoms. The van der Waals surface area contributed by atoms with Crippen LogP contribution in [-0.4, -0.2) is 96.7 Å². The molecule has 0 spiro atoms. The zero-order valence-corrected chi connectivity index (χ0v) is 54.6. The van der Waals surface area contributed by atoms with Crippen LogP contribution in [0.25, 0.3) is 0 Å². The predicted molar refractivity (Wildman–Crippen MR) is 326 cm³/mol. The molecule has 0 aromatic rings. The maximum absolute atomic E-state index is 13.0. The largest absolute Gasteiger partial charge is 0.472 e. The molecule has 2 unspecified atom stereocenters. The zero-order chi connectivity index (χ0) is 60.8. The number of carbonyl (C=O) groups is 4. The van der Waals surface area contributed by atoms with Gasteiger partial charge in [0.25, 0.3) is 0 Å². The van der Waals surface area contributed by atoms with Crippen molar-refractivity contribution in [3.63, 3.8) is 0 Å². The monoisotopic (exact) mass is 1210 g/mol. The van der Waals surface area contributed by atoms with Crippen molar-refractivity contribution in [3.05, 3.63) is 0 Å². The van der Waals surface area contributed by atoms with Gasteiger partial charge in [-0.15, -0.1) is 0 Å². The van der Waals surface area contributed by atoms with Gasteiger partial charge in [0.1, 0.15) is 19.3 Å². The Labute approximate surface area is 498 Å². The molecule has 17 nitrogen and oxygen atoms in total. The first-order valence-electron chi connectivity index (χ1n) is 33.0. The minimum Gasteiger partial charge on any atom is -0.462 e. The van der Waals surface area contributed by atoms with E-state index in [2.05, 4.69) is 41.5 Å². The van der Waals surface area contributed by atoms with Crippen LogP contribution in [0.5, 0.6) is 0 Å². The van der Waals surface area contributed by atoms with Crippen LogP contribution in [0, 0.1) is 11.8 Å². The summed E-state index contributed by atoms with van der Waals surface area (Å²) in [6.07, 6.45) is 37.8. The van der Waals surface area contributed by atoms with Crippen molar-refractivity contribution in [2.45, 2.75) is 330 Å². The number of esters is 4. The van der Waals surface area contributed by atoms with Crippen LogP contribution in [0.3, 0.4) is 0 Å². The summed E-state index contributed by atoms with van der Waals surface area (Å²) in [5, 5.41) is 10.5. The first-order valence-corrected chi connectivity index (χ1v) is 36.0. The summed E-state index contributed by atoms with van der Waals surface area (Å²) in [5.41, 5.74) is 0. The average molecular weight is 1210 g/mol. The normalized spacial score (nSPS) is 14.3. The van der Waals surface area contributed by atoms with Crippen LogP contribution in [0.4, 0.5) is 0 Å². The van der Waals surface area contributed by atoms with E-state index in [9.17, 15) is 43.2 Å². The Balaban J connectivity index is 5.21. The molecule has 0 radical (unpaired) electrons. The number of phosphoric acid groups is 2. The zero-order valence-electron chi connectivity index (χ0n) is 52.8. The van der Waals surface area contributed by atoms with Crippen LogP contribution in [0.2, 0.25) is 0 Å². The van der Waals surface area contributed by atoms with Crippen LogP contribution >= 0.6 is 15.6 Å². The summed E-state index contributed by atoms with van der Waals surface area (Å²) in [6, 6.07) is 0. The molecule has 19 heteroatoms. The lowest BCUT2D eigenvalue weighted by Crippen LogP contribution is -2.30. The molecule has 0 aromatic carbocycles. The van der Waals surface area contributed by atoms with Gasteiger partial charge < -0.3 is 33.8 Å². The number of hydrogen-bond donors (Lipinski definition) is 3. The molecule has 0 aromatic heterocycles. The van der Waals surface area contributed by atoms with Gasteiger partial charge in [0, 0.05) is 25.7 Å². The number of rotatable bonds is 62. The number of ether oxygens (including phenoxy) is 4. The van der Waals surface area contributed by atoms with Gasteiger partial charge in [0.15, 0.2) is 12.2 Å². The molecule has 0 heterocycles. The first-order chi connectivity index (χ1) is 39.4. The molecule has 0 bridgehead atoms. The molecule has 0 amide bonds. The number of hydrogen-bond acceptors (Lipinski definition) is 15. The summed E-state index contributed by atoms with van der Waals surface area (Å²) in [4.78, 5) is 72.0. The lowest BCUT2D eigenvalue weighted by atomic mass is 10.0. The molecule has 0 saturated heterocycles. The van der Waals surface area contributed by atoms with E-state index in [1.165, 1.54) is 116 Å². The highest BCUT2D eigenvalue weighted by Crippen LogP contribution is 2.45. The van der Waals surface area contributed by atoms with Crippen LogP contribution in [0.1, 0.15) is 311 Å². The Morgan fingerprint density at radius 3 is 0.829 bits per heavy atom. The highest BCUT2D eigenvalue weighted by molar-refractivity contribution is 7.47. The summed E-state index contributed by atoms with van der Waals surface area (Å²) in [5.74, 6) is -0.721. The Bertz CT molecular complexity index is 1620. The topological polar surface area (TPSA) is 237 Å². The number of aliphatic hydroxyl groups excluding tert-OH is 1.